The highest BCUT2D eigenvalue weighted by Gasteiger charge is 2.46. The van der Waals surface area contributed by atoms with Crippen LogP contribution >= 0.6 is 0 Å². The molecule has 1 aromatic rings. The average Bonchev–Trinajstić information content (AvgIpc) is 2.53. The number of aliphatic imine (C=N–C) groups is 1. The zero-order valence-corrected chi connectivity index (χ0v) is 14.1. The number of nitro benzene ring substituents is 1. The third-order valence-electron chi connectivity index (χ3n) is 4.07. The molecule has 0 fully saturated rings. The van der Waals surface area contributed by atoms with E-state index in [1.54, 1.807) is 13.8 Å². The van der Waals surface area contributed by atoms with Gasteiger partial charge in [-0.3, -0.25) is 24.7 Å². The number of allylic oxidation sites excluding steroid dienone is 1. The first-order valence-electron chi connectivity index (χ1n) is 7.50. The fourth-order valence-electron chi connectivity index (χ4n) is 2.79. The number of aliphatic hydroxyl groups excluding tert-OH is 1. The van der Waals surface area contributed by atoms with Crippen LogP contribution < -0.4 is 0 Å². The van der Waals surface area contributed by atoms with Gasteiger partial charge in [-0.2, -0.15) is 0 Å². The summed E-state index contributed by atoms with van der Waals surface area (Å²) in [5.74, 6) is -2.39. The van der Waals surface area contributed by atoms with Gasteiger partial charge >= 0.3 is 5.97 Å². The first-order valence-corrected chi connectivity index (χ1v) is 7.50. The van der Waals surface area contributed by atoms with Crippen molar-refractivity contribution in [1.29, 1.82) is 0 Å². The molecule has 0 heterocycles. The van der Waals surface area contributed by atoms with E-state index in [-0.39, 0.29) is 29.2 Å². The Morgan fingerprint density at radius 2 is 2.16 bits per heavy atom. The number of rotatable bonds is 4. The summed E-state index contributed by atoms with van der Waals surface area (Å²) in [4.78, 5) is 38.5. The summed E-state index contributed by atoms with van der Waals surface area (Å²) in [6.45, 7) is 3.38. The van der Waals surface area contributed by atoms with Crippen molar-refractivity contribution in [3.63, 3.8) is 0 Å². The van der Waals surface area contributed by atoms with Gasteiger partial charge in [0.2, 0.25) is 0 Å². The molecule has 1 N–H and O–H groups in total. The van der Waals surface area contributed by atoms with E-state index in [0.717, 1.165) is 6.21 Å². The first kappa shape index (κ1) is 18.3. The highest BCUT2D eigenvalue weighted by atomic mass is 16.6. The van der Waals surface area contributed by atoms with Gasteiger partial charge in [0.15, 0.2) is 5.78 Å². The summed E-state index contributed by atoms with van der Waals surface area (Å²) in [6, 6.07) is 5.54. The quantitative estimate of drug-likeness (QED) is 0.387. The van der Waals surface area contributed by atoms with E-state index in [1.807, 2.05) is 0 Å². The molecule has 8 heteroatoms. The highest BCUT2D eigenvalue weighted by molar-refractivity contribution is 6.15. The predicted molar refractivity (Wildman–Crippen MR) is 89.8 cm³/mol. The monoisotopic (exact) mass is 346 g/mol. The minimum absolute atomic E-state index is 0.0348. The Balaban J connectivity index is 2.42. The first-order chi connectivity index (χ1) is 11.7. The Bertz CT molecular complexity index is 794. The second kappa shape index (κ2) is 6.84. The van der Waals surface area contributed by atoms with E-state index in [9.17, 15) is 24.8 Å². The number of ketones is 1. The van der Waals surface area contributed by atoms with Gasteiger partial charge in [0.1, 0.15) is 11.7 Å². The zero-order valence-electron chi connectivity index (χ0n) is 14.1. The maximum atomic E-state index is 12.3. The maximum absolute atomic E-state index is 12.3. The van der Waals surface area contributed by atoms with Crippen LogP contribution in [0.1, 0.15) is 20.3 Å². The highest BCUT2D eigenvalue weighted by Crippen LogP contribution is 2.41. The zero-order chi connectivity index (χ0) is 18.8. The molecule has 0 spiro atoms. The molecule has 0 saturated carbocycles. The molecule has 0 aliphatic heterocycles. The lowest BCUT2D eigenvalue weighted by molar-refractivity contribution is -0.384. The normalized spacial score (nSPS) is 20.0. The summed E-state index contributed by atoms with van der Waals surface area (Å²) < 4.78 is 4.72. The molecule has 0 amide bonds. The Labute approximate surface area is 144 Å². The molecule has 0 unspecified atom stereocenters. The van der Waals surface area contributed by atoms with Crippen LogP contribution in [-0.2, 0) is 14.3 Å². The molecule has 1 aliphatic carbocycles. The molecule has 0 saturated heterocycles. The second-order valence-electron chi connectivity index (χ2n) is 6.38. The molecule has 8 nitrogen and oxygen atoms in total. The Morgan fingerprint density at radius 3 is 2.76 bits per heavy atom. The summed E-state index contributed by atoms with van der Waals surface area (Å²) in [7, 11) is 1.21. The van der Waals surface area contributed by atoms with Crippen LogP contribution in [0.3, 0.4) is 0 Å². The molecular formula is C17H18N2O6. The van der Waals surface area contributed by atoms with Crippen LogP contribution in [-0.4, -0.2) is 35.1 Å². The van der Waals surface area contributed by atoms with Crippen LogP contribution in [0.2, 0.25) is 0 Å². The molecule has 0 radical (unpaired) electrons. The molecule has 1 atom stereocenters. The number of methoxy groups -OCH3 is 1. The fraction of sp³-hybridized carbons (Fsp3) is 0.353. The summed E-state index contributed by atoms with van der Waals surface area (Å²) in [5, 5.41) is 21.2. The molecule has 0 bridgehead atoms. The molecule has 1 aliphatic rings. The number of esters is 1. The lowest BCUT2D eigenvalue weighted by Crippen LogP contribution is -2.40. The molecule has 2 rings (SSSR count). The van der Waals surface area contributed by atoms with Crippen LogP contribution in [0.15, 0.2) is 40.6 Å². The van der Waals surface area contributed by atoms with Crippen molar-refractivity contribution in [3.05, 3.63) is 45.7 Å². The van der Waals surface area contributed by atoms with Gasteiger partial charge in [-0.1, -0.05) is 19.9 Å². The second-order valence-corrected chi connectivity index (χ2v) is 6.38. The van der Waals surface area contributed by atoms with Crippen molar-refractivity contribution in [2.75, 3.05) is 7.11 Å². The lowest BCUT2D eigenvalue weighted by Gasteiger charge is -2.35. The molecular weight excluding hydrogens is 328 g/mol. The number of hydrogen-bond donors (Lipinski definition) is 1. The largest absolute Gasteiger partial charge is 0.511 e. The fourth-order valence-corrected chi connectivity index (χ4v) is 2.79. The number of Topliss-reactive ketones (excluding diaryl/α,β-unsaturated/α-hetero) is 1. The minimum Gasteiger partial charge on any atom is -0.511 e. The molecule has 25 heavy (non-hydrogen) atoms. The number of hydrogen-bond acceptors (Lipinski definition) is 7. The third-order valence-corrected chi connectivity index (χ3v) is 4.07. The topological polar surface area (TPSA) is 119 Å². The SMILES string of the molecule is COC(=O)[C@H]1C(O)=C(C=Nc2cccc([N+](=O)[O-])c2)C(=O)CC1(C)C. The number of non-ortho nitro benzene ring substituents is 1. The Morgan fingerprint density at radius 1 is 1.48 bits per heavy atom. The van der Waals surface area contributed by atoms with Crippen LogP contribution in [0.25, 0.3) is 0 Å². The molecule has 0 aromatic heterocycles. The van der Waals surface area contributed by atoms with E-state index in [4.69, 9.17) is 4.74 Å². The predicted octanol–water partition coefficient (Wildman–Crippen LogP) is 2.90. The molecule has 132 valence electrons. The number of aliphatic hydroxyl groups is 1. The van der Waals surface area contributed by atoms with E-state index < -0.39 is 28.0 Å². The summed E-state index contributed by atoms with van der Waals surface area (Å²) in [6.07, 6.45) is 1.16. The van der Waals surface area contributed by atoms with Crippen molar-refractivity contribution < 1.29 is 24.4 Å². The van der Waals surface area contributed by atoms with E-state index in [1.165, 1.54) is 31.4 Å². The van der Waals surface area contributed by atoms with E-state index >= 15 is 0 Å². The van der Waals surface area contributed by atoms with Crippen LogP contribution in [0.4, 0.5) is 11.4 Å². The van der Waals surface area contributed by atoms with Gasteiger partial charge < -0.3 is 9.84 Å². The van der Waals surface area contributed by atoms with Crippen molar-refractivity contribution in [2.24, 2.45) is 16.3 Å². The number of ether oxygens (including phenoxy) is 1. The van der Waals surface area contributed by atoms with Crippen molar-refractivity contribution in [3.8, 4) is 0 Å². The van der Waals surface area contributed by atoms with Crippen LogP contribution in [0, 0.1) is 21.4 Å². The van der Waals surface area contributed by atoms with Crippen molar-refractivity contribution in [2.45, 2.75) is 20.3 Å². The summed E-state index contributed by atoms with van der Waals surface area (Å²) in [5.41, 5.74) is -0.781. The maximum Gasteiger partial charge on any atom is 0.316 e. The van der Waals surface area contributed by atoms with Crippen molar-refractivity contribution >= 4 is 29.3 Å². The number of carbonyl (C=O) groups is 2. The van der Waals surface area contributed by atoms with Gasteiger partial charge in [0.05, 0.1) is 23.3 Å². The van der Waals surface area contributed by atoms with Crippen molar-refractivity contribution in [1.82, 2.24) is 0 Å². The summed E-state index contributed by atoms with van der Waals surface area (Å²) >= 11 is 0. The van der Waals surface area contributed by atoms with Gasteiger partial charge in [-0.05, 0) is 11.5 Å². The van der Waals surface area contributed by atoms with Gasteiger partial charge in [-0.15, -0.1) is 0 Å². The number of carbonyl (C=O) groups excluding carboxylic acids is 2. The smallest absolute Gasteiger partial charge is 0.316 e. The Kier molecular flexibility index (Phi) is 5.01. The lowest BCUT2D eigenvalue weighted by atomic mass is 9.68. The minimum atomic E-state index is -0.984. The van der Waals surface area contributed by atoms with Gasteiger partial charge in [0, 0.05) is 24.8 Å². The average molecular weight is 346 g/mol. The standard InChI is InChI=1S/C17H18N2O6/c1-17(2)8-13(20)12(15(21)14(17)16(22)25-3)9-18-10-5-4-6-11(7-10)19(23)24/h4-7,9,14,21H,8H2,1-3H3/t14-/m1/s1. The third kappa shape index (κ3) is 3.73. The van der Waals surface area contributed by atoms with Gasteiger partial charge in [0.25, 0.3) is 5.69 Å². The number of nitrogens with zero attached hydrogens (tertiary/aromatic N) is 2. The Hall–Kier alpha value is -3.03. The molecule has 1 aromatic carbocycles. The number of nitro groups is 1. The number of benzene rings is 1. The van der Waals surface area contributed by atoms with E-state index in [2.05, 4.69) is 4.99 Å². The van der Waals surface area contributed by atoms with Gasteiger partial charge in [-0.25, -0.2) is 0 Å². The van der Waals surface area contributed by atoms with Crippen LogP contribution in [0.5, 0.6) is 0 Å². The van der Waals surface area contributed by atoms with E-state index in [0.29, 0.717) is 0 Å².